The van der Waals surface area contributed by atoms with Gasteiger partial charge in [-0.1, -0.05) is 48.5 Å². The average Bonchev–Trinajstić information content (AvgIpc) is 2.71. The Hall–Kier alpha value is -3.82. The van der Waals surface area contributed by atoms with Gasteiger partial charge in [-0.2, -0.15) is 26.3 Å². The Morgan fingerprint density at radius 1 is 0.562 bits per heavy atom. The van der Waals surface area contributed by atoms with Gasteiger partial charge >= 0.3 is 12.4 Å². The van der Waals surface area contributed by atoms with Crippen molar-refractivity contribution in [3.63, 3.8) is 0 Å². The number of hydrogen-bond acceptors (Lipinski definition) is 4. The van der Waals surface area contributed by atoms with Crippen LogP contribution in [0.25, 0.3) is 22.3 Å². The van der Waals surface area contributed by atoms with Gasteiger partial charge in [0.05, 0.1) is 23.1 Å². The van der Waals surface area contributed by atoms with Gasteiger partial charge in [0.25, 0.3) is 0 Å². The summed E-state index contributed by atoms with van der Waals surface area (Å²) in [5.41, 5.74) is -7.99. The number of rotatable bonds is 4. The van der Waals surface area contributed by atoms with Crippen LogP contribution in [0.4, 0.5) is 26.3 Å². The Kier molecular flexibility index (Phi) is 5.73. The summed E-state index contributed by atoms with van der Waals surface area (Å²) in [5.74, 6) is -4.01. The standard InChI is InChI=1S/C22H12F6O4/c23-21(24,25)15-7-3-1-5-11(15)17-13(19(29)30)9-10-14(20(31)32)18(17)12-6-2-4-8-16(12)22(26,27)28/h1-10H,(H,29,30)(H,31,32)/p-2. The maximum absolute atomic E-state index is 13.7. The molecule has 0 bridgehead atoms. The van der Waals surface area contributed by atoms with E-state index in [9.17, 15) is 46.1 Å². The van der Waals surface area contributed by atoms with E-state index >= 15 is 0 Å². The molecule has 0 aliphatic rings. The van der Waals surface area contributed by atoms with Crippen LogP contribution in [0.5, 0.6) is 0 Å². The van der Waals surface area contributed by atoms with Crippen LogP contribution in [0.3, 0.4) is 0 Å². The Morgan fingerprint density at radius 3 is 1.16 bits per heavy atom. The van der Waals surface area contributed by atoms with E-state index in [1.165, 1.54) is 0 Å². The van der Waals surface area contributed by atoms with Gasteiger partial charge in [0.15, 0.2) is 0 Å². The van der Waals surface area contributed by atoms with Gasteiger partial charge in [0, 0.05) is 11.1 Å². The first kappa shape index (κ1) is 22.9. The SMILES string of the molecule is O=C([O-])c1ccc(C(=O)[O-])c(-c2ccccc2C(F)(F)F)c1-c1ccccc1C(F)(F)F. The van der Waals surface area contributed by atoms with E-state index in [0.29, 0.717) is 24.3 Å². The van der Waals surface area contributed by atoms with Crippen molar-refractivity contribution in [2.24, 2.45) is 0 Å². The molecule has 4 nitrogen and oxygen atoms in total. The molecule has 0 aromatic heterocycles. The second-order valence-electron chi connectivity index (χ2n) is 6.57. The van der Waals surface area contributed by atoms with Gasteiger partial charge in [-0.05, 0) is 34.4 Å². The molecular formula is C22H10F6O4-2. The average molecular weight is 452 g/mol. The molecule has 3 rings (SSSR count). The smallest absolute Gasteiger partial charge is 0.417 e. The van der Waals surface area contributed by atoms with Crippen molar-refractivity contribution in [2.75, 3.05) is 0 Å². The van der Waals surface area contributed by atoms with E-state index in [1.807, 2.05) is 0 Å². The zero-order valence-corrected chi connectivity index (χ0v) is 15.7. The van der Waals surface area contributed by atoms with Crippen LogP contribution in [-0.2, 0) is 12.4 Å². The molecule has 166 valence electrons. The van der Waals surface area contributed by atoms with Crippen molar-refractivity contribution in [2.45, 2.75) is 12.4 Å². The molecule has 0 saturated heterocycles. The maximum Gasteiger partial charge on any atom is 0.417 e. The molecule has 0 unspecified atom stereocenters. The molecule has 0 aliphatic carbocycles. The topological polar surface area (TPSA) is 80.3 Å². The van der Waals surface area contributed by atoms with Crippen LogP contribution in [0.1, 0.15) is 31.8 Å². The summed E-state index contributed by atoms with van der Waals surface area (Å²) < 4.78 is 81.9. The zero-order valence-electron chi connectivity index (χ0n) is 15.7. The van der Waals surface area contributed by atoms with Gasteiger partial charge in [-0.25, -0.2) is 0 Å². The van der Waals surface area contributed by atoms with Crippen LogP contribution in [0.2, 0.25) is 0 Å². The minimum Gasteiger partial charge on any atom is -0.545 e. The molecule has 3 aromatic rings. The van der Waals surface area contributed by atoms with Crippen LogP contribution in [0.15, 0.2) is 60.7 Å². The Balaban J connectivity index is 2.60. The van der Waals surface area contributed by atoms with E-state index in [4.69, 9.17) is 0 Å². The summed E-state index contributed by atoms with van der Waals surface area (Å²) in [6.45, 7) is 0. The third-order valence-electron chi connectivity index (χ3n) is 4.65. The fraction of sp³-hybridized carbons (Fsp3) is 0.0909. The lowest BCUT2D eigenvalue weighted by Gasteiger charge is -2.24. The number of hydrogen-bond donors (Lipinski definition) is 0. The predicted molar refractivity (Wildman–Crippen MR) is 96.0 cm³/mol. The van der Waals surface area contributed by atoms with Gasteiger partial charge < -0.3 is 19.8 Å². The number of carboxylic acid groups (broad SMARTS) is 2. The number of carboxylic acids is 2. The number of aromatic carboxylic acids is 2. The summed E-state index contributed by atoms with van der Waals surface area (Å²) >= 11 is 0. The Bertz CT molecular complexity index is 1120. The number of benzene rings is 3. The maximum atomic E-state index is 13.7. The molecule has 3 aromatic carbocycles. The highest BCUT2D eigenvalue weighted by atomic mass is 19.4. The molecule has 0 aliphatic heterocycles. The lowest BCUT2D eigenvalue weighted by Crippen LogP contribution is -2.27. The van der Waals surface area contributed by atoms with Crippen molar-refractivity contribution in [3.05, 3.63) is 82.9 Å². The van der Waals surface area contributed by atoms with Crippen molar-refractivity contribution in [1.29, 1.82) is 0 Å². The summed E-state index contributed by atoms with van der Waals surface area (Å²) in [6.07, 6.45) is -10.1. The number of alkyl halides is 6. The number of carbonyl (C=O) groups is 2. The number of carbonyl (C=O) groups excluding carboxylic acids is 2. The normalized spacial score (nSPS) is 11.9. The molecule has 10 heteroatoms. The van der Waals surface area contributed by atoms with Crippen molar-refractivity contribution in [1.82, 2.24) is 0 Å². The zero-order chi connectivity index (χ0) is 23.8. The molecule has 32 heavy (non-hydrogen) atoms. The van der Waals surface area contributed by atoms with Crippen LogP contribution < -0.4 is 10.2 Å². The lowest BCUT2D eigenvalue weighted by molar-refractivity contribution is -0.256. The monoisotopic (exact) mass is 452 g/mol. The van der Waals surface area contributed by atoms with Crippen molar-refractivity contribution < 1.29 is 46.1 Å². The van der Waals surface area contributed by atoms with Crippen LogP contribution >= 0.6 is 0 Å². The molecule has 0 radical (unpaired) electrons. The minimum absolute atomic E-state index is 0.597. The van der Waals surface area contributed by atoms with E-state index in [0.717, 1.165) is 36.4 Å². The first-order valence-electron chi connectivity index (χ1n) is 8.77. The molecule has 0 atom stereocenters. The summed E-state index contributed by atoms with van der Waals surface area (Å²) in [7, 11) is 0. The molecular weight excluding hydrogens is 442 g/mol. The predicted octanol–water partition coefficient (Wildman–Crippen LogP) is 3.79. The number of halogens is 6. The quantitative estimate of drug-likeness (QED) is 0.565. The molecule has 0 spiro atoms. The Labute approximate surface area is 176 Å². The highest BCUT2D eigenvalue weighted by Crippen LogP contribution is 2.46. The highest BCUT2D eigenvalue weighted by molar-refractivity contribution is 6.08. The second-order valence-corrected chi connectivity index (χ2v) is 6.57. The van der Waals surface area contributed by atoms with Gasteiger partial charge in [0.2, 0.25) is 0 Å². The molecule has 0 amide bonds. The summed E-state index contributed by atoms with van der Waals surface area (Å²) in [4.78, 5) is 23.4. The van der Waals surface area contributed by atoms with Crippen LogP contribution in [-0.4, -0.2) is 11.9 Å². The Morgan fingerprint density at radius 2 is 0.875 bits per heavy atom. The molecule has 0 heterocycles. The third-order valence-corrected chi connectivity index (χ3v) is 4.65. The first-order chi connectivity index (χ1) is 14.8. The first-order valence-corrected chi connectivity index (χ1v) is 8.77. The minimum atomic E-state index is -5.03. The fourth-order valence-corrected chi connectivity index (χ4v) is 3.40. The lowest BCUT2D eigenvalue weighted by atomic mass is 9.83. The van der Waals surface area contributed by atoms with Gasteiger partial charge in [-0.15, -0.1) is 0 Å². The van der Waals surface area contributed by atoms with Crippen LogP contribution in [0, 0.1) is 0 Å². The van der Waals surface area contributed by atoms with E-state index in [1.54, 1.807) is 0 Å². The van der Waals surface area contributed by atoms with E-state index in [-0.39, 0.29) is 0 Å². The van der Waals surface area contributed by atoms with E-state index < -0.39 is 68.8 Å². The third kappa shape index (κ3) is 4.16. The van der Waals surface area contributed by atoms with E-state index in [2.05, 4.69) is 0 Å². The fourth-order valence-electron chi connectivity index (χ4n) is 3.40. The van der Waals surface area contributed by atoms with Crippen molar-refractivity contribution in [3.8, 4) is 22.3 Å². The highest BCUT2D eigenvalue weighted by Gasteiger charge is 2.37. The molecule has 0 saturated carbocycles. The van der Waals surface area contributed by atoms with Gasteiger partial charge in [-0.3, -0.25) is 0 Å². The van der Waals surface area contributed by atoms with Crippen molar-refractivity contribution >= 4 is 11.9 Å². The second kappa shape index (κ2) is 8.03. The van der Waals surface area contributed by atoms with Gasteiger partial charge in [0.1, 0.15) is 0 Å². The summed E-state index contributed by atoms with van der Waals surface area (Å²) in [6, 6.07) is 8.38. The molecule has 0 N–H and O–H groups in total. The summed E-state index contributed by atoms with van der Waals surface area (Å²) in [5, 5.41) is 23.4. The largest absolute Gasteiger partial charge is 0.545 e. The molecule has 0 fully saturated rings.